The molecule has 0 bridgehead atoms. The first-order valence-corrected chi connectivity index (χ1v) is 5.41. The monoisotopic (exact) mass is 283 g/mol. The molecule has 84 valence electrons. The van der Waals surface area contributed by atoms with Gasteiger partial charge in [0.1, 0.15) is 10.3 Å². The standard InChI is InChI=1S/C9H10BrN5O/c1-15-6(2-3-14-15)4-11-8-7(10)9(16)13-5-12-8/h2-3,5H,4H2,1H3,(H2,11,12,13,16). The molecule has 2 heterocycles. The maximum absolute atomic E-state index is 11.3. The Balaban J connectivity index is 2.14. The zero-order valence-corrected chi connectivity index (χ0v) is 10.2. The maximum Gasteiger partial charge on any atom is 0.267 e. The van der Waals surface area contributed by atoms with Crippen LogP contribution >= 0.6 is 15.9 Å². The molecular weight excluding hydrogens is 274 g/mol. The number of hydrogen-bond donors (Lipinski definition) is 2. The minimum absolute atomic E-state index is 0.206. The van der Waals surface area contributed by atoms with Crippen LogP contribution in [0.15, 0.2) is 27.9 Å². The Kier molecular flexibility index (Phi) is 3.04. The van der Waals surface area contributed by atoms with Crippen molar-refractivity contribution in [2.75, 3.05) is 5.32 Å². The van der Waals surface area contributed by atoms with Crippen molar-refractivity contribution in [3.63, 3.8) is 0 Å². The first kappa shape index (κ1) is 10.9. The molecule has 0 fully saturated rings. The van der Waals surface area contributed by atoms with Crippen molar-refractivity contribution in [2.45, 2.75) is 6.54 Å². The number of aromatic nitrogens is 4. The largest absolute Gasteiger partial charge is 0.363 e. The van der Waals surface area contributed by atoms with Crippen molar-refractivity contribution >= 4 is 21.7 Å². The molecular formula is C9H10BrN5O. The van der Waals surface area contributed by atoms with Crippen molar-refractivity contribution in [2.24, 2.45) is 7.05 Å². The van der Waals surface area contributed by atoms with Crippen molar-refractivity contribution in [1.82, 2.24) is 19.7 Å². The third-order valence-electron chi connectivity index (χ3n) is 2.16. The molecule has 0 radical (unpaired) electrons. The molecule has 0 aliphatic carbocycles. The molecule has 0 unspecified atom stereocenters. The lowest BCUT2D eigenvalue weighted by atomic mass is 10.4. The molecule has 0 atom stereocenters. The Morgan fingerprint density at radius 2 is 2.44 bits per heavy atom. The number of H-pyrrole nitrogens is 1. The summed E-state index contributed by atoms with van der Waals surface area (Å²) in [4.78, 5) is 17.8. The molecule has 2 aromatic heterocycles. The van der Waals surface area contributed by atoms with Gasteiger partial charge >= 0.3 is 0 Å². The first-order chi connectivity index (χ1) is 7.68. The van der Waals surface area contributed by atoms with E-state index in [1.165, 1.54) is 6.33 Å². The lowest BCUT2D eigenvalue weighted by molar-refractivity contribution is 0.719. The van der Waals surface area contributed by atoms with E-state index in [0.29, 0.717) is 16.8 Å². The maximum atomic E-state index is 11.3. The molecule has 0 saturated carbocycles. The zero-order chi connectivity index (χ0) is 11.5. The minimum atomic E-state index is -0.206. The second-order valence-electron chi connectivity index (χ2n) is 3.19. The lowest BCUT2D eigenvalue weighted by Crippen LogP contribution is -2.13. The number of anilines is 1. The van der Waals surface area contributed by atoms with E-state index in [0.717, 1.165) is 5.69 Å². The predicted octanol–water partition coefficient (Wildman–Crippen LogP) is 0.878. The number of nitrogens with zero attached hydrogens (tertiary/aromatic N) is 3. The Hall–Kier alpha value is -1.63. The van der Waals surface area contributed by atoms with Gasteiger partial charge in [-0.25, -0.2) is 4.98 Å². The number of halogens is 1. The highest BCUT2D eigenvalue weighted by atomic mass is 79.9. The van der Waals surface area contributed by atoms with Gasteiger partial charge in [-0.2, -0.15) is 5.10 Å². The van der Waals surface area contributed by atoms with Crippen molar-refractivity contribution in [3.8, 4) is 0 Å². The van der Waals surface area contributed by atoms with Crippen LogP contribution in [-0.2, 0) is 13.6 Å². The molecule has 16 heavy (non-hydrogen) atoms. The fourth-order valence-electron chi connectivity index (χ4n) is 1.26. The summed E-state index contributed by atoms with van der Waals surface area (Å²) in [6, 6.07) is 1.90. The summed E-state index contributed by atoms with van der Waals surface area (Å²) in [6.45, 7) is 0.561. The Morgan fingerprint density at radius 1 is 1.62 bits per heavy atom. The van der Waals surface area contributed by atoms with Crippen LogP contribution in [0.4, 0.5) is 5.82 Å². The smallest absolute Gasteiger partial charge is 0.267 e. The number of aryl methyl sites for hydroxylation is 1. The van der Waals surface area contributed by atoms with Gasteiger partial charge in [0.2, 0.25) is 0 Å². The van der Waals surface area contributed by atoms with E-state index in [4.69, 9.17) is 0 Å². The summed E-state index contributed by atoms with van der Waals surface area (Å²) in [5.41, 5.74) is 0.802. The highest BCUT2D eigenvalue weighted by Crippen LogP contribution is 2.13. The Labute approximate surface area is 99.8 Å². The summed E-state index contributed by atoms with van der Waals surface area (Å²) >= 11 is 3.17. The van der Waals surface area contributed by atoms with Crippen LogP contribution in [0.3, 0.4) is 0 Å². The summed E-state index contributed by atoms with van der Waals surface area (Å²) in [6.07, 6.45) is 3.08. The van der Waals surface area contributed by atoms with Gasteiger partial charge in [-0.1, -0.05) is 0 Å². The predicted molar refractivity (Wildman–Crippen MR) is 63.1 cm³/mol. The normalized spacial score (nSPS) is 10.4. The van der Waals surface area contributed by atoms with E-state index in [-0.39, 0.29) is 5.56 Å². The van der Waals surface area contributed by atoms with E-state index in [2.05, 4.69) is 36.3 Å². The average molecular weight is 284 g/mol. The molecule has 2 aromatic rings. The lowest BCUT2D eigenvalue weighted by Gasteiger charge is -2.06. The number of aromatic amines is 1. The molecule has 2 N–H and O–H groups in total. The van der Waals surface area contributed by atoms with Crippen LogP contribution in [-0.4, -0.2) is 19.7 Å². The van der Waals surface area contributed by atoms with Crippen LogP contribution in [0.5, 0.6) is 0 Å². The zero-order valence-electron chi connectivity index (χ0n) is 8.57. The van der Waals surface area contributed by atoms with Crippen LogP contribution < -0.4 is 10.9 Å². The molecule has 2 rings (SSSR count). The SMILES string of the molecule is Cn1nccc1CNc1nc[nH]c(=O)c1Br. The van der Waals surface area contributed by atoms with Gasteiger partial charge in [0.25, 0.3) is 5.56 Å². The van der Waals surface area contributed by atoms with Crippen molar-refractivity contribution < 1.29 is 0 Å². The fraction of sp³-hybridized carbons (Fsp3) is 0.222. The minimum Gasteiger partial charge on any atom is -0.363 e. The third kappa shape index (κ3) is 2.13. The Bertz CT molecular complexity index is 547. The topological polar surface area (TPSA) is 75.6 Å². The summed E-state index contributed by atoms with van der Waals surface area (Å²) < 4.78 is 2.16. The quantitative estimate of drug-likeness (QED) is 0.877. The molecule has 0 aliphatic rings. The van der Waals surface area contributed by atoms with Crippen molar-refractivity contribution in [3.05, 3.63) is 39.1 Å². The highest BCUT2D eigenvalue weighted by Gasteiger charge is 2.05. The molecule has 0 spiro atoms. The van der Waals surface area contributed by atoms with E-state index in [1.54, 1.807) is 10.9 Å². The van der Waals surface area contributed by atoms with Gasteiger partial charge in [0.05, 0.1) is 18.6 Å². The van der Waals surface area contributed by atoms with Crippen molar-refractivity contribution in [1.29, 1.82) is 0 Å². The summed E-state index contributed by atoms with van der Waals surface area (Å²) in [5.74, 6) is 0.518. The first-order valence-electron chi connectivity index (χ1n) is 4.62. The molecule has 0 aliphatic heterocycles. The van der Waals surface area contributed by atoms with Gasteiger partial charge < -0.3 is 10.3 Å². The van der Waals surface area contributed by atoms with Gasteiger partial charge in [0, 0.05) is 13.2 Å². The summed E-state index contributed by atoms with van der Waals surface area (Å²) in [5, 5.41) is 7.10. The molecule has 0 aromatic carbocycles. The third-order valence-corrected chi connectivity index (χ3v) is 2.89. The second kappa shape index (κ2) is 4.48. The van der Waals surface area contributed by atoms with Crippen LogP contribution in [0.1, 0.15) is 5.69 Å². The number of nitrogens with one attached hydrogen (secondary N) is 2. The van der Waals surface area contributed by atoms with Gasteiger partial charge in [-0.15, -0.1) is 0 Å². The number of hydrogen-bond acceptors (Lipinski definition) is 4. The van der Waals surface area contributed by atoms with Gasteiger partial charge in [-0.3, -0.25) is 9.48 Å². The average Bonchev–Trinajstić information content (AvgIpc) is 2.67. The van der Waals surface area contributed by atoms with E-state index >= 15 is 0 Å². The Morgan fingerprint density at radius 3 is 3.12 bits per heavy atom. The van der Waals surface area contributed by atoms with Gasteiger partial charge in [0.15, 0.2) is 0 Å². The molecule has 0 saturated heterocycles. The van der Waals surface area contributed by atoms with E-state index in [9.17, 15) is 4.79 Å². The van der Waals surface area contributed by atoms with E-state index < -0.39 is 0 Å². The van der Waals surface area contributed by atoms with Gasteiger partial charge in [-0.05, 0) is 22.0 Å². The van der Waals surface area contributed by atoms with Crippen LogP contribution in [0.25, 0.3) is 0 Å². The van der Waals surface area contributed by atoms with Crippen LogP contribution in [0.2, 0.25) is 0 Å². The number of rotatable bonds is 3. The van der Waals surface area contributed by atoms with Crippen LogP contribution in [0, 0.1) is 0 Å². The highest BCUT2D eigenvalue weighted by molar-refractivity contribution is 9.10. The molecule has 0 amide bonds. The summed E-state index contributed by atoms with van der Waals surface area (Å²) in [7, 11) is 1.86. The second-order valence-corrected chi connectivity index (χ2v) is 3.99. The molecule has 7 heteroatoms. The van der Waals surface area contributed by atoms with E-state index in [1.807, 2.05) is 13.1 Å². The molecule has 6 nitrogen and oxygen atoms in total. The fourth-order valence-corrected chi connectivity index (χ4v) is 1.61.